The van der Waals surface area contributed by atoms with Gasteiger partial charge in [0.15, 0.2) is 0 Å². The van der Waals surface area contributed by atoms with Crippen LogP contribution in [0.25, 0.3) is 6.08 Å². The number of carboxylic acids is 1. The Hall–Kier alpha value is -3.59. The van der Waals surface area contributed by atoms with Gasteiger partial charge in [0, 0.05) is 24.5 Å². The lowest BCUT2D eigenvalue weighted by Gasteiger charge is -2.29. The number of hydrogen-bond donors (Lipinski definition) is 2. The maximum Gasteiger partial charge on any atom is 0.335 e. The highest BCUT2D eigenvalue weighted by Crippen LogP contribution is 2.24. The van der Waals surface area contributed by atoms with E-state index in [4.69, 9.17) is 5.11 Å². The lowest BCUT2D eigenvalue weighted by molar-refractivity contribution is -0.112. The summed E-state index contributed by atoms with van der Waals surface area (Å²) in [5, 5.41) is 21.1. The van der Waals surface area contributed by atoms with Gasteiger partial charge in [-0.15, -0.1) is 0 Å². The third-order valence-corrected chi connectivity index (χ3v) is 5.01. The average Bonchev–Trinajstić information content (AvgIpc) is 2.73. The topological polar surface area (TPSA) is 93.4 Å². The molecule has 0 atom stereocenters. The molecule has 1 aliphatic heterocycles. The van der Waals surface area contributed by atoms with Crippen LogP contribution in [0.3, 0.4) is 0 Å². The zero-order chi connectivity index (χ0) is 20.8. The van der Waals surface area contributed by atoms with Crippen LogP contribution in [0.2, 0.25) is 0 Å². The molecule has 0 spiro atoms. The number of nitrogens with one attached hydrogen (secondary N) is 1. The van der Waals surface area contributed by atoms with E-state index in [1.54, 1.807) is 12.1 Å². The number of nitrogens with zero attached hydrogens (tertiary/aromatic N) is 2. The average molecular weight is 389 g/mol. The molecule has 2 aromatic rings. The molecule has 29 heavy (non-hydrogen) atoms. The first-order chi connectivity index (χ1) is 14.0. The van der Waals surface area contributed by atoms with Crippen molar-refractivity contribution in [2.75, 3.05) is 23.3 Å². The summed E-state index contributed by atoms with van der Waals surface area (Å²) in [6.45, 7) is 4.06. The second kappa shape index (κ2) is 9.07. The number of carboxylic acid groups (broad SMARTS) is 1. The minimum atomic E-state index is -1.08. The van der Waals surface area contributed by atoms with Crippen LogP contribution in [0.5, 0.6) is 0 Å². The summed E-state index contributed by atoms with van der Waals surface area (Å²) in [5.41, 5.74) is 3.30. The van der Waals surface area contributed by atoms with Crippen molar-refractivity contribution in [1.29, 1.82) is 5.26 Å². The first kappa shape index (κ1) is 20.2. The molecule has 2 N–H and O–H groups in total. The number of benzene rings is 2. The molecule has 3 rings (SSSR count). The summed E-state index contributed by atoms with van der Waals surface area (Å²) >= 11 is 0. The first-order valence-electron chi connectivity index (χ1n) is 9.60. The van der Waals surface area contributed by atoms with E-state index >= 15 is 0 Å². The van der Waals surface area contributed by atoms with Gasteiger partial charge < -0.3 is 15.3 Å². The summed E-state index contributed by atoms with van der Waals surface area (Å²) in [4.78, 5) is 25.9. The second-order valence-electron chi connectivity index (χ2n) is 7.10. The van der Waals surface area contributed by atoms with Crippen molar-refractivity contribution in [1.82, 2.24) is 0 Å². The van der Waals surface area contributed by atoms with Gasteiger partial charge in [0.05, 0.1) is 5.56 Å². The lowest BCUT2D eigenvalue weighted by atomic mass is 10.0. The Labute approximate surface area is 170 Å². The number of anilines is 2. The number of carbonyl (C=O) groups is 2. The van der Waals surface area contributed by atoms with Crippen molar-refractivity contribution in [2.24, 2.45) is 0 Å². The standard InChI is InChI=1S/C23H23N3O3/c1-16-12-21(26-10-3-2-4-11-26)9-8-17(16)13-19(15-24)22(27)25-20-7-5-6-18(14-20)23(28)29/h5-9,12-14H,2-4,10-11H2,1H3,(H,25,27)(H,28,29)/b19-13-. The fourth-order valence-corrected chi connectivity index (χ4v) is 3.40. The molecular weight excluding hydrogens is 366 g/mol. The third-order valence-electron chi connectivity index (χ3n) is 5.01. The van der Waals surface area contributed by atoms with E-state index in [2.05, 4.69) is 16.3 Å². The molecule has 0 radical (unpaired) electrons. The molecule has 148 valence electrons. The number of aryl methyl sites for hydroxylation is 1. The van der Waals surface area contributed by atoms with Crippen LogP contribution in [-0.4, -0.2) is 30.1 Å². The van der Waals surface area contributed by atoms with Crippen molar-refractivity contribution in [3.8, 4) is 6.07 Å². The van der Waals surface area contributed by atoms with Gasteiger partial charge in [-0.1, -0.05) is 12.1 Å². The molecule has 2 aromatic carbocycles. The molecular formula is C23H23N3O3. The van der Waals surface area contributed by atoms with Crippen LogP contribution in [-0.2, 0) is 4.79 Å². The minimum absolute atomic E-state index is 0.0421. The van der Waals surface area contributed by atoms with Crippen LogP contribution in [0, 0.1) is 18.3 Å². The van der Waals surface area contributed by atoms with Crippen LogP contribution < -0.4 is 10.2 Å². The van der Waals surface area contributed by atoms with E-state index < -0.39 is 11.9 Å². The summed E-state index contributed by atoms with van der Waals surface area (Å²) in [5.74, 6) is -1.66. The molecule has 6 nitrogen and oxygen atoms in total. The van der Waals surface area contributed by atoms with Gasteiger partial charge >= 0.3 is 5.97 Å². The van der Waals surface area contributed by atoms with Crippen LogP contribution in [0.4, 0.5) is 11.4 Å². The number of carbonyl (C=O) groups excluding carboxylic acids is 1. The minimum Gasteiger partial charge on any atom is -0.478 e. The summed E-state index contributed by atoms with van der Waals surface area (Å²) in [7, 11) is 0. The van der Waals surface area contributed by atoms with E-state index in [-0.39, 0.29) is 11.1 Å². The molecule has 0 saturated carbocycles. The van der Waals surface area contributed by atoms with Gasteiger partial charge in [-0.3, -0.25) is 4.79 Å². The van der Waals surface area contributed by atoms with Gasteiger partial charge in [0.25, 0.3) is 5.91 Å². The van der Waals surface area contributed by atoms with E-state index in [0.29, 0.717) is 5.69 Å². The van der Waals surface area contributed by atoms with Crippen molar-refractivity contribution in [2.45, 2.75) is 26.2 Å². The Morgan fingerprint density at radius 1 is 1.14 bits per heavy atom. The molecule has 0 aliphatic carbocycles. The highest BCUT2D eigenvalue weighted by atomic mass is 16.4. The fraction of sp³-hybridized carbons (Fsp3) is 0.261. The zero-order valence-electron chi connectivity index (χ0n) is 16.3. The smallest absolute Gasteiger partial charge is 0.335 e. The number of aromatic carboxylic acids is 1. The normalized spacial score (nSPS) is 14.2. The molecule has 1 fully saturated rings. The van der Waals surface area contributed by atoms with Crippen molar-refractivity contribution >= 4 is 29.3 Å². The molecule has 1 heterocycles. The van der Waals surface area contributed by atoms with E-state index in [9.17, 15) is 14.9 Å². The number of piperidine rings is 1. The molecule has 0 aromatic heterocycles. The summed E-state index contributed by atoms with van der Waals surface area (Å²) in [6, 6.07) is 13.9. The number of hydrogen-bond acceptors (Lipinski definition) is 4. The molecule has 1 aliphatic rings. The second-order valence-corrected chi connectivity index (χ2v) is 7.10. The van der Waals surface area contributed by atoms with Crippen molar-refractivity contribution < 1.29 is 14.7 Å². The fourth-order valence-electron chi connectivity index (χ4n) is 3.40. The maximum absolute atomic E-state index is 12.5. The van der Waals surface area contributed by atoms with Gasteiger partial charge in [-0.25, -0.2) is 4.79 Å². The van der Waals surface area contributed by atoms with Crippen LogP contribution in [0.15, 0.2) is 48.0 Å². The Morgan fingerprint density at radius 3 is 2.55 bits per heavy atom. The Balaban J connectivity index is 1.78. The molecule has 6 heteroatoms. The summed E-state index contributed by atoms with van der Waals surface area (Å²) < 4.78 is 0. The zero-order valence-corrected chi connectivity index (χ0v) is 16.3. The molecule has 1 amide bonds. The van der Waals surface area contributed by atoms with Crippen LogP contribution in [0.1, 0.15) is 40.7 Å². The Bertz CT molecular complexity index is 999. The summed E-state index contributed by atoms with van der Waals surface area (Å²) in [6.07, 6.45) is 5.23. The predicted octanol–water partition coefficient (Wildman–Crippen LogP) is 4.23. The highest BCUT2D eigenvalue weighted by Gasteiger charge is 2.14. The maximum atomic E-state index is 12.5. The van der Waals surface area contributed by atoms with E-state index in [0.717, 1.165) is 29.9 Å². The third kappa shape index (κ3) is 5.02. The van der Waals surface area contributed by atoms with Crippen molar-refractivity contribution in [3.63, 3.8) is 0 Å². The predicted molar refractivity (Wildman–Crippen MR) is 113 cm³/mol. The number of nitriles is 1. The van der Waals surface area contributed by atoms with Crippen molar-refractivity contribution in [3.05, 3.63) is 64.7 Å². The quantitative estimate of drug-likeness (QED) is 0.590. The number of amides is 1. The van der Waals surface area contributed by atoms with Gasteiger partial charge in [-0.05, 0) is 73.7 Å². The van der Waals surface area contributed by atoms with Gasteiger partial charge in [0.1, 0.15) is 11.6 Å². The van der Waals surface area contributed by atoms with Gasteiger partial charge in [0.2, 0.25) is 0 Å². The van der Waals surface area contributed by atoms with Crippen LogP contribution >= 0.6 is 0 Å². The Kier molecular flexibility index (Phi) is 6.30. The molecule has 0 unspecified atom stereocenters. The van der Waals surface area contributed by atoms with E-state index in [1.165, 1.54) is 37.5 Å². The first-order valence-corrected chi connectivity index (χ1v) is 9.60. The highest BCUT2D eigenvalue weighted by molar-refractivity contribution is 6.10. The Morgan fingerprint density at radius 2 is 1.90 bits per heavy atom. The largest absolute Gasteiger partial charge is 0.478 e. The molecule has 0 bridgehead atoms. The number of rotatable bonds is 5. The SMILES string of the molecule is Cc1cc(N2CCCCC2)ccc1/C=C(/C#N)C(=O)Nc1cccc(C(=O)O)c1. The lowest BCUT2D eigenvalue weighted by Crippen LogP contribution is -2.29. The van der Waals surface area contributed by atoms with Gasteiger partial charge in [-0.2, -0.15) is 5.26 Å². The molecule has 1 saturated heterocycles. The monoisotopic (exact) mass is 389 g/mol. The van der Waals surface area contributed by atoms with E-state index in [1.807, 2.05) is 25.1 Å².